The number of hydrogen-bond donors (Lipinski definition) is 1. The van der Waals surface area contributed by atoms with E-state index in [9.17, 15) is 4.79 Å². The molecular formula is C12H16N2O2. The maximum absolute atomic E-state index is 11.1. The summed E-state index contributed by atoms with van der Waals surface area (Å²) in [6.45, 7) is 7.97. The second kappa shape index (κ2) is 5.90. The SMILES string of the molecule is C=CCOC(=O)NCc1cc(C)nc(C)c1. The number of carbonyl (C=O) groups is 1. The Hall–Kier alpha value is -1.84. The van der Waals surface area contributed by atoms with E-state index in [0.717, 1.165) is 17.0 Å². The standard InChI is InChI=1S/C12H16N2O2/c1-4-5-16-12(15)13-8-11-6-9(2)14-10(3)7-11/h4,6-7H,1,5,8H2,2-3H3,(H,13,15). The number of hydrogen-bond acceptors (Lipinski definition) is 3. The van der Waals surface area contributed by atoms with Crippen LogP contribution in [0.1, 0.15) is 17.0 Å². The van der Waals surface area contributed by atoms with E-state index in [-0.39, 0.29) is 6.61 Å². The summed E-state index contributed by atoms with van der Waals surface area (Å²) in [6.07, 6.45) is 1.09. The molecule has 4 nitrogen and oxygen atoms in total. The van der Waals surface area contributed by atoms with Crippen molar-refractivity contribution in [3.8, 4) is 0 Å². The average molecular weight is 220 g/mol. The van der Waals surface area contributed by atoms with Crippen LogP contribution in [0.5, 0.6) is 0 Å². The van der Waals surface area contributed by atoms with Gasteiger partial charge in [0.05, 0.1) is 0 Å². The van der Waals surface area contributed by atoms with Crippen molar-refractivity contribution in [2.75, 3.05) is 6.61 Å². The molecule has 0 saturated heterocycles. The highest BCUT2D eigenvalue weighted by Gasteiger charge is 2.01. The smallest absolute Gasteiger partial charge is 0.407 e. The molecule has 4 heteroatoms. The molecule has 0 aliphatic carbocycles. The van der Waals surface area contributed by atoms with E-state index >= 15 is 0 Å². The largest absolute Gasteiger partial charge is 0.445 e. The minimum atomic E-state index is -0.438. The highest BCUT2D eigenvalue weighted by atomic mass is 16.5. The fraction of sp³-hybridized carbons (Fsp3) is 0.333. The summed E-state index contributed by atoms with van der Waals surface area (Å²) in [7, 11) is 0. The van der Waals surface area contributed by atoms with Gasteiger partial charge in [-0.1, -0.05) is 12.7 Å². The van der Waals surface area contributed by atoms with Crippen LogP contribution < -0.4 is 5.32 Å². The van der Waals surface area contributed by atoms with Crippen LogP contribution in [0.4, 0.5) is 4.79 Å². The molecule has 16 heavy (non-hydrogen) atoms. The number of pyridine rings is 1. The number of carbonyl (C=O) groups excluding carboxylic acids is 1. The highest BCUT2D eigenvalue weighted by molar-refractivity contribution is 5.67. The Bertz CT molecular complexity index is 368. The first kappa shape index (κ1) is 12.2. The lowest BCUT2D eigenvalue weighted by atomic mass is 10.2. The van der Waals surface area contributed by atoms with Gasteiger partial charge in [0.15, 0.2) is 0 Å². The third kappa shape index (κ3) is 4.13. The van der Waals surface area contributed by atoms with Gasteiger partial charge < -0.3 is 10.1 Å². The lowest BCUT2D eigenvalue weighted by Crippen LogP contribution is -2.23. The molecule has 0 saturated carbocycles. The van der Waals surface area contributed by atoms with E-state index in [1.54, 1.807) is 0 Å². The topological polar surface area (TPSA) is 51.2 Å². The van der Waals surface area contributed by atoms with Gasteiger partial charge in [-0.25, -0.2) is 4.79 Å². The number of amides is 1. The lowest BCUT2D eigenvalue weighted by molar-refractivity contribution is 0.158. The van der Waals surface area contributed by atoms with Crippen LogP contribution in [0.3, 0.4) is 0 Å². The van der Waals surface area contributed by atoms with Gasteiger partial charge in [-0.3, -0.25) is 4.98 Å². The Balaban J connectivity index is 2.47. The third-order valence-electron chi connectivity index (χ3n) is 1.91. The summed E-state index contributed by atoms with van der Waals surface area (Å²) in [5, 5.41) is 2.65. The molecule has 1 heterocycles. The van der Waals surface area contributed by atoms with Crippen LogP contribution in [0.15, 0.2) is 24.8 Å². The zero-order valence-corrected chi connectivity index (χ0v) is 9.62. The lowest BCUT2D eigenvalue weighted by Gasteiger charge is -2.06. The van der Waals surface area contributed by atoms with Crippen LogP contribution >= 0.6 is 0 Å². The molecule has 1 amide bonds. The Morgan fingerprint density at radius 1 is 1.50 bits per heavy atom. The Kier molecular flexibility index (Phi) is 4.51. The third-order valence-corrected chi connectivity index (χ3v) is 1.91. The minimum absolute atomic E-state index is 0.222. The van der Waals surface area contributed by atoms with Gasteiger partial charge in [0.1, 0.15) is 6.61 Å². The van der Waals surface area contributed by atoms with E-state index in [4.69, 9.17) is 4.74 Å². The van der Waals surface area contributed by atoms with Crippen LogP contribution in [0.2, 0.25) is 0 Å². The number of nitrogens with zero attached hydrogens (tertiary/aromatic N) is 1. The minimum Gasteiger partial charge on any atom is -0.445 e. The van der Waals surface area contributed by atoms with Crippen LogP contribution in [0.25, 0.3) is 0 Å². The second-order valence-electron chi connectivity index (χ2n) is 3.50. The van der Waals surface area contributed by atoms with Crippen molar-refractivity contribution in [1.29, 1.82) is 0 Å². The van der Waals surface area contributed by atoms with Crippen LogP contribution in [-0.2, 0) is 11.3 Å². The molecule has 0 atom stereocenters. The number of aryl methyl sites for hydroxylation is 2. The van der Waals surface area contributed by atoms with Crippen molar-refractivity contribution in [3.05, 3.63) is 41.7 Å². The predicted molar refractivity (Wildman–Crippen MR) is 62.1 cm³/mol. The maximum atomic E-state index is 11.1. The Morgan fingerprint density at radius 2 is 2.12 bits per heavy atom. The number of rotatable bonds is 4. The van der Waals surface area contributed by atoms with Crippen molar-refractivity contribution in [1.82, 2.24) is 10.3 Å². The number of ether oxygens (including phenoxy) is 1. The molecular weight excluding hydrogens is 204 g/mol. The fourth-order valence-electron chi connectivity index (χ4n) is 1.38. The van der Waals surface area contributed by atoms with E-state index in [2.05, 4.69) is 16.9 Å². The summed E-state index contributed by atoms with van der Waals surface area (Å²) in [5.41, 5.74) is 2.90. The molecule has 0 spiro atoms. The molecule has 0 unspecified atom stereocenters. The van der Waals surface area contributed by atoms with Gasteiger partial charge in [0.25, 0.3) is 0 Å². The molecule has 0 aromatic carbocycles. The first-order valence-electron chi connectivity index (χ1n) is 5.07. The van der Waals surface area contributed by atoms with Gasteiger partial charge in [-0.15, -0.1) is 0 Å². The summed E-state index contributed by atoms with van der Waals surface area (Å²) in [6, 6.07) is 3.86. The molecule has 1 aromatic heterocycles. The number of aromatic nitrogens is 1. The maximum Gasteiger partial charge on any atom is 0.407 e. The monoisotopic (exact) mass is 220 g/mol. The van der Waals surface area contributed by atoms with Crippen molar-refractivity contribution >= 4 is 6.09 Å². The van der Waals surface area contributed by atoms with Gasteiger partial charge in [-0.2, -0.15) is 0 Å². The van der Waals surface area contributed by atoms with Crippen LogP contribution in [0, 0.1) is 13.8 Å². The van der Waals surface area contributed by atoms with E-state index in [1.165, 1.54) is 6.08 Å². The van der Waals surface area contributed by atoms with Gasteiger partial charge in [0, 0.05) is 17.9 Å². The summed E-state index contributed by atoms with van der Waals surface area (Å²) < 4.78 is 4.79. The molecule has 0 aliphatic heterocycles. The van der Waals surface area contributed by atoms with Crippen molar-refractivity contribution in [3.63, 3.8) is 0 Å². The number of alkyl carbamates (subject to hydrolysis) is 1. The van der Waals surface area contributed by atoms with Gasteiger partial charge in [0.2, 0.25) is 0 Å². The number of nitrogens with one attached hydrogen (secondary N) is 1. The average Bonchev–Trinajstić information content (AvgIpc) is 2.22. The predicted octanol–water partition coefficient (Wildman–Crippen LogP) is 2.11. The van der Waals surface area contributed by atoms with E-state index < -0.39 is 6.09 Å². The fourth-order valence-corrected chi connectivity index (χ4v) is 1.38. The van der Waals surface area contributed by atoms with E-state index in [1.807, 2.05) is 26.0 Å². The van der Waals surface area contributed by atoms with Crippen molar-refractivity contribution in [2.45, 2.75) is 20.4 Å². The summed E-state index contributed by atoms with van der Waals surface area (Å²) >= 11 is 0. The van der Waals surface area contributed by atoms with Crippen molar-refractivity contribution < 1.29 is 9.53 Å². The summed E-state index contributed by atoms with van der Waals surface area (Å²) in [5.74, 6) is 0. The quantitative estimate of drug-likeness (QED) is 0.791. The summed E-state index contributed by atoms with van der Waals surface area (Å²) in [4.78, 5) is 15.4. The zero-order chi connectivity index (χ0) is 12.0. The Labute approximate surface area is 95.3 Å². The van der Waals surface area contributed by atoms with Crippen LogP contribution in [-0.4, -0.2) is 17.7 Å². The molecule has 0 fully saturated rings. The molecule has 0 aliphatic rings. The van der Waals surface area contributed by atoms with E-state index in [0.29, 0.717) is 6.54 Å². The molecule has 0 bridgehead atoms. The molecule has 1 rings (SSSR count). The first-order chi connectivity index (χ1) is 7.61. The molecule has 1 aromatic rings. The molecule has 1 N–H and O–H groups in total. The Morgan fingerprint density at radius 3 is 2.69 bits per heavy atom. The second-order valence-corrected chi connectivity index (χ2v) is 3.50. The van der Waals surface area contributed by atoms with Gasteiger partial charge in [-0.05, 0) is 31.5 Å². The zero-order valence-electron chi connectivity index (χ0n) is 9.62. The van der Waals surface area contributed by atoms with Crippen molar-refractivity contribution in [2.24, 2.45) is 0 Å². The first-order valence-corrected chi connectivity index (χ1v) is 5.07. The highest BCUT2D eigenvalue weighted by Crippen LogP contribution is 2.04. The molecule has 86 valence electrons. The normalized spacial score (nSPS) is 9.62. The molecule has 0 radical (unpaired) electrons. The van der Waals surface area contributed by atoms with Gasteiger partial charge >= 0.3 is 6.09 Å².